The Bertz CT molecular complexity index is 704. The number of aliphatic imine (C=N–C) groups is 1. The lowest BCUT2D eigenvalue weighted by atomic mass is 10.1. The number of nitrogens with one attached hydrogen (secondary N) is 1. The minimum Gasteiger partial charge on any atom is -0.381 e. The standard InChI is InChI=1S/C18H28N6O.HI/c1-3-19-18(23-12-9-15(13-23)14-25-4-2)20-10-8-17-22-21-16-7-5-6-11-24(16)17;/h5-7,11,15H,3-4,8-10,12-14H2,1-2H3,(H,19,20);1H. The zero-order chi connectivity index (χ0) is 17.5. The van der Waals surface area contributed by atoms with Crippen LogP contribution >= 0.6 is 24.0 Å². The topological polar surface area (TPSA) is 67.0 Å². The molecule has 0 amide bonds. The zero-order valence-electron chi connectivity index (χ0n) is 15.6. The summed E-state index contributed by atoms with van der Waals surface area (Å²) >= 11 is 0. The molecule has 0 bridgehead atoms. The second-order valence-electron chi connectivity index (χ2n) is 6.29. The van der Waals surface area contributed by atoms with Gasteiger partial charge in [0.1, 0.15) is 5.82 Å². The Balaban J connectivity index is 0.00000243. The molecule has 1 saturated heterocycles. The highest BCUT2D eigenvalue weighted by molar-refractivity contribution is 14.0. The van der Waals surface area contributed by atoms with Crippen molar-refractivity contribution in [1.29, 1.82) is 0 Å². The van der Waals surface area contributed by atoms with Gasteiger partial charge in [-0.15, -0.1) is 34.2 Å². The number of rotatable bonds is 7. The van der Waals surface area contributed by atoms with Gasteiger partial charge in [-0.1, -0.05) is 6.07 Å². The first-order valence-corrected chi connectivity index (χ1v) is 9.21. The van der Waals surface area contributed by atoms with Gasteiger partial charge in [0.05, 0.1) is 6.61 Å². The summed E-state index contributed by atoms with van der Waals surface area (Å²) in [5.41, 5.74) is 0.881. The van der Waals surface area contributed by atoms with Gasteiger partial charge in [-0.25, -0.2) is 0 Å². The lowest BCUT2D eigenvalue weighted by molar-refractivity contribution is 0.114. The van der Waals surface area contributed by atoms with Crippen molar-refractivity contribution in [2.45, 2.75) is 26.7 Å². The highest BCUT2D eigenvalue weighted by atomic mass is 127. The van der Waals surface area contributed by atoms with Gasteiger partial charge in [0, 0.05) is 51.3 Å². The zero-order valence-corrected chi connectivity index (χ0v) is 17.9. The summed E-state index contributed by atoms with van der Waals surface area (Å²) in [5, 5.41) is 11.9. The van der Waals surface area contributed by atoms with E-state index < -0.39 is 0 Å². The Labute approximate surface area is 172 Å². The van der Waals surface area contributed by atoms with E-state index >= 15 is 0 Å². The Hall–Kier alpha value is -1.42. The summed E-state index contributed by atoms with van der Waals surface area (Å²) in [5.74, 6) is 2.55. The number of guanidine groups is 1. The fourth-order valence-electron chi connectivity index (χ4n) is 3.19. The first-order chi connectivity index (χ1) is 12.3. The Morgan fingerprint density at radius 1 is 1.35 bits per heavy atom. The molecule has 1 aliphatic rings. The highest BCUT2D eigenvalue weighted by Crippen LogP contribution is 2.16. The number of ether oxygens (including phenoxy) is 1. The van der Waals surface area contributed by atoms with E-state index in [1.807, 2.05) is 35.7 Å². The number of hydrogen-bond donors (Lipinski definition) is 1. The molecule has 1 unspecified atom stereocenters. The molecule has 7 nitrogen and oxygen atoms in total. The summed E-state index contributed by atoms with van der Waals surface area (Å²) in [6, 6.07) is 5.93. The second-order valence-corrected chi connectivity index (χ2v) is 6.29. The van der Waals surface area contributed by atoms with E-state index in [0.717, 1.165) is 56.7 Å². The molecule has 3 rings (SSSR count). The molecule has 0 spiro atoms. The lowest BCUT2D eigenvalue weighted by Gasteiger charge is -2.21. The van der Waals surface area contributed by atoms with Gasteiger partial charge in [0.15, 0.2) is 11.6 Å². The highest BCUT2D eigenvalue weighted by Gasteiger charge is 2.24. The van der Waals surface area contributed by atoms with Crippen LogP contribution in [0.5, 0.6) is 0 Å². The van der Waals surface area contributed by atoms with E-state index in [9.17, 15) is 0 Å². The van der Waals surface area contributed by atoms with Crippen molar-refractivity contribution in [2.75, 3.05) is 39.4 Å². The summed E-state index contributed by atoms with van der Waals surface area (Å²) in [6.07, 6.45) is 3.94. The van der Waals surface area contributed by atoms with Crippen LogP contribution in [0.2, 0.25) is 0 Å². The monoisotopic (exact) mass is 472 g/mol. The molecule has 0 aromatic carbocycles. The molecule has 1 fully saturated rings. The normalized spacial score (nSPS) is 17.5. The molecule has 0 aliphatic carbocycles. The minimum absolute atomic E-state index is 0. The third-order valence-electron chi connectivity index (χ3n) is 4.46. The summed E-state index contributed by atoms with van der Waals surface area (Å²) < 4.78 is 7.60. The van der Waals surface area contributed by atoms with Crippen molar-refractivity contribution in [1.82, 2.24) is 24.8 Å². The quantitative estimate of drug-likeness (QED) is 0.381. The second kappa shape index (κ2) is 10.7. The van der Waals surface area contributed by atoms with Gasteiger partial charge >= 0.3 is 0 Å². The maximum Gasteiger partial charge on any atom is 0.193 e. The Kier molecular flexibility index (Phi) is 8.56. The summed E-state index contributed by atoms with van der Waals surface area (Å²) in [6.45, 7) is 9.41. The van der Waals surface area contributed by atoms with Gasteiger partial charge in [-0.05, 0) is 32.4 Å². The Morgan fingerprint density at radius 2 is 2.23 bits per heavy atom. The van der Waals surface area contributed by atoms with Crippen molar-refractivity contribution < 1.29 is 4.74 Å². The number of halogens is 1. The molecule has 1 N–H and O–H groups in total. The number of nitrogens with zero attached hydrogens (tertiary/aromatic N) is 5. The van der Waals surface area contributed by atoms with E-state index in [1.54, 1.807) is 0 Å². The maximum absolute atomic E-state index is 5.57. The third kappa shape index (κ3) is 5.29. The lowest BCUT2D eigenvalue weighted by Crippen LogP contribution is -2.40. The van der Waals surface area contributed by atoms with Gasteiger partial charge in [-0.2, -0.15) is 0 Å². The molecule has 0 radical (unpaired) electrons. The van der Waals surface area contributed by atoms with Gasteiger partial charge in [0.25, 0.3) is 0 Å². The van der Waals surface area contributed by atoms with Crippen molar-refractivity contribution in [3.05, 3.63) is 30.2 Å². The molecule has 1 aliphatic heterocycles. The van der Waals surface area contributed by atoms with Crippen LogP contribution in [0.1, 0.15) is 26.1 Å². The third-order valence-corrected chi connectivity index (χ3v) is 4.46. The van der Waals surface area contributed by atoms with Crippen LogP contribution in [0.15, 0.2) is 29.4 Å². The van der Waals surface area contributed by atoms with Crippen molar-refractivity contribution in [3.8, 4) is 0 Å². The number of hydrogen-bond acceptors (Lipinski definition) is 4. The molecule has 8 heteroatoms. The van der Waals surface area contributed by atoms with Crippen LogP contribution in [0, 0.1) is 5.92 Å². The van der Waals surface area contributed by atoms with Crippen LogP contribution in [0.3, 0.4) is 0 Å². The summed E-state index contributed by atoms with van der Waals surface area (Å²) in [4.78, 5) is 7.14. The number of fused-ring (bicyclic) bond motifs is 1. The largest absolute Gasteiger partial charge is 0.381 e. The minimum atomic E-state index is 0. The van der Waals surface area contributed by atoms with Crippen LogP contribution in [0.4, 0.5) is 0 Å². The molecule has 0 saturated carbocycles. The van der Waals surface area contributed by atoms with Crippen molar-refractivity contribution >= 4 is 35.6 Å². The van der Waals surface area contributed by atoms with Crippen LogP contribution in [-0.2, 0) is 11.2 Å². The van der Waals surface area contributed by atoms with Gasteiger partial charge in [0.2, 0.25) is 0 Å². The molecular formula is C18H29IN6O. The molecule has 2 aromatic rings. The predicted molar refractivity (Wildman–Crippen MR) is 114 cm³/mol. The first kappa shape index (κ1) is 20.9. The molecular weight excluding hydrogens is 443 g/mol. The molecule has 26 heavy (non-hydrogen) atoms. The Morgan fingerprint density at radius 3 is 3.04 bits per heavy atom. The van der Waals surface area contributed by atoms with Crippen LogP contribution < -0.4 is 5.32 Å². The number of aromatic nitrogens is 3. The van der Waals surface area contributed by atoms with E-state index in [4.69, 9.17) is 9.73 Å². The van der Waals surface area contributed by atoms with E-state index in [2.05, 4.69) is 27.3 Å². The van der Waals surface area contributed by atoms with E-state index in [1.165, 1.54) is 6.42 Å². The number of pyridine rings is 1. The van der Waals surface area contributed by atoms with Crippen molar-refractivity contribution in [2.24, 2.45) is 10.9 Å². The molecule has 144 valence electrons. The predicted octanol–water partition coefficient (Wildman–Crippen LogP) is 2.21. The van der Waals surface area contributed by atoms with Crippen LogP contribution in [0.25, 0.3) is 5.65 Å². The van der Waals surface area contributed by atoms with Crippen LogP contribution in [-0.4, -0.2) is 64.9 Å². The molecule has 3 heterocycles. The fourth-order valence-corrected chi connectivity index (χ4v) is 3.19. The number of likely N-dealkylation sites (tertiary alicyclic amines) is 1. The molecule has 1 atom stereocenters. The SMILES string of the molecule is CCNC(=NCCc1nnc2ccccn12)N1CCC(COCC)C1.I. The average molecular weight is 472 g/mol. The van der Waals surface area contributed by atoms with Gasteiger partial charge in [-0.3, -0.25) is 9.39 Å². The molecule has 2 aromatic heterocycles. The average Bonchev–Trinajstić information content (AvgIpc) is 3.26. The first-order valence-electron chi connectivity index (χ1n) is 9.21. The maximum atomic E-state index is 5.57. The smallest absolute Gasteiger partial charge is 0.193 e. The fraction of sp³-hybridized carbons (Fsp3) is 0.611. The van der Waals surface area contributed by atoms with E-state index in [0.29, 0.717) is 12.5 Å². The van der Waals surface area contributed by atoms with E-state index in [-0.39, 0.29) is 24.0 Å². The van der Waals surface area contributed by atoms with Crippen molar-refractivity contribution in [3.63, 3.8) is 0 Å². The summed E-state index contributed by atoms with van der Waals surface area (Å²) in [7, 11) is 0. The van der Waals surface area contributed by atoms with Gasteiger partial charge < -0.3 is 15.0 Å².